The molecule has 1 heterocycles. The molecule has 6 heteroatoms. The maximum atomic E-state index is 11.8. The predicted octanol–water partition coefficient (Wildman–Crippen LogP) is 5.26. The number of hydrogen-bond donors (Lipinski definition) is 1. The van der Waals surface area contributed by atoms with Crippen molar-refractivity contribution in [2.75, 3.05) is 6.61 Å². The van der Waals surface area contributed by atoms with Gasteiger partial charge in [0.15, 0.2) is 6.29 Å². The van der Waals surface area contributed by atoms with Crippen LogP contribution in [0.15, 0.2) is 18.2 Å². The monoisotopic (exact) mass is 386 g/mol. The van der Waals surface area contributed by atoms with E-state index in [4.69, 9.17) is 32.7 Å². The lowest BCUT2D eigenvalue weighted by molar-refractivity contribution is -0.186. The quantitative estimate of drug-likeness (QED) is 0.723. The Morgan fingerprint density at radius 3 is 2.76 bits per heavy atom. The molecule has 2 aliphatic rings. The molecule has 1 aromatic carbocycles. The summed E-state index contributed by atoms with van der Waals surface area (Å²) < 4.78 is 11.7. The third-order valence-corrected chi connectivity index (χ3v) is 5.93. The molecule has 4 nitrogen and oxygen atoms in total. The Bertz CT molecular complexity index is 601. The zero-order valence-electron chi connectivity index (χ0n) is 14.1. The number of rotatable bonds is 6. The van der Waals surface area contributed by atoms with E-state index < -0.39 is 11.9 Å². The van der Waals surface area contributed by atoms with Gasteiger partial charge in [0.1, 0.15) is 0 Å². The Kier molecular flexibility index (Phi) is 6.61. The van der Waals surface area contributed by atoms with Gasteiger partial charge in [0.05, 0.1) is 22.1 Å². The van der Waals surface area contributed by atoms with Crippen LogP contribution in [0.3, 0.4) is 0 Å². The van der Waals surface area contributed by atoms with Crippen LogP contribution in [0.5, 0.6) is 0 Å². The summed E-state index contributed by atoms with van der Waals surface area (Å²) in [7, 11) is 0. The number of hydrogen-bond acceptors (Lipinski definition) is 3. The van der Waals surface area contributed by atoms with Gasteiger partial charge in [0.25, 0.3) is 0 Å². The minimum atomic E-state index is -0.821. The maximum absolute atomic E-state index is 11.8. The minimum absolute atomic E-state index is 0.0807. The van der Waals surface area contributed by atoms with Gasteiger partial charge in [0, 0.05) is 6.61 Å². The lowest BCUT2D eigenvalue weighted by atomic mass is 9.88. The number of carboxylic acids is 1. The van der Waals surface area contributed by atoms with Crippen molar-refractivity contribution in [1.29, 1.82) is 0 Å². The molecule has 0 aromatic heterocycles. The van der Waals surface area contributed by atoms with Crippen molar-refractivity contribution in [3.63, 3.8) is 0 Å². The van der Waals surface area contributed by atoms with Crippen LogP contribution < -0.4 is 0 Å². The summed E-state index contributed by atoms with van der Waals surface area (Å²) >= 11 is 12.0. The highest BCUT2D eigenvalue weighted by molar-refractivity contribution is 6.42. The van der Waals surface area contributed by atoms with Crippen molar-refractivity contribution in [2.45, 2.75) is 63.3 Å². The van der Waals surface area contributed by atoms with Gasteiger partial charge in [-0.1, -0.05) is 29.3 Å². The summed E-state index contributed by atoms with van der Waals surface area (Å²) in [6.45, 7) is 0.777. The van der Waals surface area contributed by atoms with Crippen LogP contribution in [0.25, 0.3) is 0 Å². The van der Waals surface area contributed by atoms with E-state index in [0.717, 1.165) is 45.1 Å². The third-order valence-electron chi connectivity index (χ3n) is 5.19. The van der Waals surface area contributed by atoms with E-state index >= 15 is 0 Å². The predicted molar refractivity (Wildman–Crippen MR) is 97.3 cm³/mol. The highest BCUT2D eigenvalue weighted by atomic mass is 35.5. The second-order valence-electron chi connectivity index (χ2n) is 7.03. The first-order chi connectivity index (χ1) is 12.0. The van der Waals surface area contributed by atoms with E-state index in [0.29, 0.717) is 27.9 Å². The summed E-state index contributed by atoms with van der Waals surface area (Å²) in [4.78, 5) is 11.8. The second kappa shape index (κ2) is 8.72. The van der Waals surface area contributed by atoms with E-state index in [1.54, 1.807) is 18.2 Å². The molecule has 4 unspecified atom stereocenters. The van der Waals surface area contributed by atoms with E-state index in [1.165, 1.54) is 0 Å². The van der Waals surface area contributed by atoms with Gasteiger partial charge < -0.3 is 14.6 Å². The van der Waals surface area contributed by atoms with Gasteiger partial charge in [-0.05, 0) is 68.6 Å². The zero-order chi connectivity index (χ0) is 17.8. The number of carboxylic acid groups (broad SMARTS) is 1. The first kappa shape index (κ1) is 19.0. The number of aliphatic carboxylic acids is 1. The third kappa shape index (κ3) is 5.10. The number of benzene rings is 1. The van der Waals surface area contributed by atoms with Crippen LogP contribution in [0, 0.1) is 5.92 Å². The van der Waals surface area contributed by atoms with Crippen molar-refractivity contribution in [3.8, 4) is 0 Å². The number of ether oxygens (including phenoxy) is 2. The summed E-state index contributed by atoms with van der Waals surface area (Å²) in [6.07, 6.45) is 6.77. The highest BCUT2D eigenvalue weighted by Crippen LogP contribution is 2.38. The van der Waals surface area contributed by atoms with Gasteiger partial charge in [0.2, 0.25) is 0 Å². The first-order valence-electron chi connectivity index (χ1n) is 8.97. The molecule has 1 aromatic rings. The Balaban J connectivity index is 1.57. The first-order valence-corrected chi connectivity index (χ1v) is 9.73. The summed E-state index contributed by atoms with van der Waals surface area (Å²) in [6, 6.07) is 5.09. The van der Waals surface area contributed by atoms with Crippen molar-refractivity contribution < 1.29 is 19.4 Å². The molecule has 1 N–H and O–H groups in total. The number of carbonyl (C=O) groups is 1. The molecule has 25 heavy (non-hydrogen) atoms. The molecule has 138 valence electrons. The SMILES string of the molecule is O=C(O)C(CC1CCC(OC2CCCCO2)C1)c1ccc(Cl)c(Cl)c1. The van der Waals surface area contributed by atoms with E-state index in [9.17, 15) is 9.90 Å². The Morgan fingerprint density at radius 2 is 2.08 bits per heavy atom. The molecular weight excluding hydrogens is 363 g/mol. The minimum Gasteiger partial charge on any atom is -0.481 e. The van der Waals surface area contributed by atoms with Crippen molar-refractivity contribution in [3.05, 3.63) is 33.8 Å². The van der Waals surface area contributed by atoms with Crippen LogP contribution in [0.4, 0.5) is 0 Å². The molecule has 1 aliphatic heterocycles. The van der Waals surface area contributed by atoms with Crippen molar-refractivity contribution in [2.24, 2.45) is 5.92 Å². The molecule has 0 bridgehead atoms. The van der Waals surface area contributed by atoms with Crippen LogP contribution >= 0.6 is 23.2 Å². The summed E-state index contributed by atoms with van der Waals surface area (Å²) in [5.41, 5.74) is 0.710. The maximum Gasteiger partial charge on any atom is 0.310 e. The standard InChI is InChI=1S/C19H24Cl2O4/c20-16-7-5-13(11-17(16)21)15(19(22)23)10-12-4-6-14(9-12)25-18-3-1-2-8-24-18/h5,7,11-12,14-15,18H,1-4,6,8-10H2,(H,22,23). The Labute approximate surface area is 158 Å². The molecule has 4 atom stereocenters. The zero-order valence-corrected chi connectivity index (χ0v) is 15.6. The second-order valence-corrected chi connectivity index (χ2v) is 7.85. The van der Waals surface area contributed by atoms with Gasteiger partial charge in [-0.3, -0.25) is 4.79 Å². The van der Waals surface area contributed by atoms with Crippen LogP contribution in [0.1, 0.15) is 56.4 Å². The average molecular weight is 387 g/mol. The topological polar surface area (TPSA) is 55.8 Å². The van der Waals surface area contributed by atoms with Crippen molar-refractivity contribution >= 4 is 29.2 Å². The fourth-order valence-corrected chi connectivity index (χ4v) is 4.15. The number of halogens is 2. The molecule has 1 saturated heterocycles. The molecule has 0 radical (unpaired) electrons. The normalized spacial score (nSPS) is 28.0. The molecule has 0 spiro atoms. The van der Waals surface area contributed by atoms with E-state index in [-0.39, 0.29) is 12.4 Å². The van der Waals surface area contributed by atoms with Crippen molar-refractivity contribution in [1.82, 2.24) is 0 Å². The molecule has 1 saturated carbocycles. The summed E-state index contributed by atoms with van der Waals surface area (Å²) in [5, 5.41) is 10.5. The molecule has 1 aliphatic carbocycles. The molecule has 0 amide bonds. The molecule has 3 rings (SSSR count). The highest BCUT2D eigenvalue weighted by Gasteiger charge is 2.32. The lowest BCUT2D eigenvalue weighted by Crippen LogP contribution is -2.26. The van der Waals surface area contributed by atoms with E-state index in [2.05, 4.69) is 0 Å². The van der Waals surface area contributed by atoms with Crippen LogP contribution in [-0.4, -0.2) is 30.1 Å². The lowest BCUT2D eigenvalue weighted by Gasteiger charge is -2.26. The summed E-state index contributed by atoms with van der Waals surface area (Å²) in [5.74, 6) is -1.05. The smallest absolute Gasteiger partial charge is 0.310 e. The van der Waals surface area contributed by atoms with Crippen LogP contribution in [-0.2, 0) is 14.3 Å². The van der Waals surface area contributed by atoms with Gasteiger partial charge >= 0.3 is 5.97 Å². The van der Waals surface area contributed by atoms with Gasteiger partial charge in [-0.15, -0.1) is 0 Å². The van der Waals surface area contributed by atoms with Gasteiger partial charge in [-0.25, -0.2) is 0 Å². The fraction of sp³-hybridized carbons (Fsp3) is 0.632. The fourth-order valence-electron chi connectivity index (χ4n) is 3.84. The Morgan fingerprint density at radius 1 is 1.24 bits per heavy atom. The molecular formula is C19H24Cl2O4. The van der Waals surface area contributed by atoms with E-state index in [1.807, 2.05) is 0 Å². The van der Waals surface area contributed by atoms with Gasteiger partial charge in [-0.2, -0.15) is 0 Å². The van der Waals surface area contributed by atoms with Crippen LogP contribution in [0.2, 0.25) is 10.0 Å². The molecule has 2 fully saturated rings. The Hall–Kier alpha value is -0.810. The largest absolute Gasteiger partial charge is 0.481 e. The average Bonchev–Trinajstić information content (AvgIpc) is 3.03.